The number of rotatable bonds is 5. The zero-order valence-corrected chi connectivity index (χ0v) is 16.8. The standard InChI is InChI=1S/C21H23N5O2S/c22-20(27)25-12-15-5-6-16(13-25)26(15)11-9-14-3-7-17(8-4-14)28-21-24-19-18(29-21)2-1-10-23-19/h1-4,7-8,10,15-16H,5-6,9,11-13H2,(H2,22,27)/t15-,16+. The van der Waals surface area contributed by atoms with Crippen molar-refractivity contribution in [3.63, 3.8) is 0 Å². The van der Waals surface area contributed by atoms with E-state index in [4.69, 9.17) is 10.5 Å². The van der Waals surface area contributed by atoms with Crippen molar-refractivity contribution in [1.82, 2.24) is 19.8 Å². The lowest BCUT2D eigenvalue weighted by Crippen LogP contribution is -2.56. The Morgan fingerprint density at radius 1 is 1.17 bits per heavy atom. The fourth-order valence-electron chi connectivity index (χ4n) is 4.41. The number of aromatic nitrogens is 2. The lowest BCUT2D eigenvalue weighted by atomic mass is 10.1. The van der Waals surface area contributed by atoms with Crippen molar-refractivity contribution in [2.75, 3.05) is 19.6 Å². The van der Waals surface area contributed by atoms with E-state index >= 15 is 0 Å². The van der Waals surface area contributed by atoms with Crippen LogP contribution in [0.4, 0.5) is 4.79 Å². The third-order valence-corrected chi connectivity index (χ3v) is 6.77. The molecule has 3 aromatic rings. The van der Waals surface area contributed by atoms with Crippen LogP contribution in [0.2, 0.25) is 0 Å². The zero-order chi connectivity index (χ0) is 19.8. The van der Waals surface area contributed by atoms with Crippen LogP contribution in [-0.4, -0.2) is 57.5 Å². The first-order valence-corrected chi connectivity index (χ1v) is 10.8. The molecule has 2 aliphatic rings. The molecule has 0 aliphatic carbocycles. The van der Waals surface area contributed by atoms with Gasteiger partial charge in [-0.05, 0) is 49.1 Å². The van der Waals surface area contributed by atoms with Gasteiger partial charge in [-0.25, -0.2) is 9.78 Å². The van der Waals surface area contributed by atoms with Gasteiger partial charge >= 0.3 is 6.03 Å². The minimum Gasteiger partial charge on any atom is -0.431 e. The molecule has 0 unspecified atom stereocenters. The number of piperazine rings is 1. The number of urea groups is 1. The summed E-state index contributed by atoms with van der Waals surface area (Å²) in [4.78, 5) is 24.5. The Hall–Kier alpha value is -2.71. The summed E-state index contributed by atoms with van der Waals surface area (Å²) in [5.74, 6) is 0.781. The van der Waals surface area contributed by atoms with Gasteiger partial charge in [-0.1, -0.05) is 23.5 Å². The molecule has 2 bridgehead atoms. The molecule has 29 heavy (non-hydrogen) atoms. The highest BCUT2D eigenvalue weighted by Crippen LogP contribution is 2.31. The molecule has 0 saturated carbocycles. The van der Waals surface area contributed by atoms with Crippen molar-refractivity contribution >= 4 is 27.7 Å². The van der Waals surface area contributed by atoms with Crippen LogP contribution in [0.5, 0.6) is 10.9 Å². The number of hydrogen-bond acceptors (Lipinski definition) is 6. The van der Waals surface area contributed by atoms with Crippen molar-refractivity contribution < 1.29 is 9.53 Å². The van der Waals surface area contributed by atoms with E-state index in [9.17, 15) is 4.79 Å². The molecule has 7 nitrogen and oxygen atoms in total. The lowest BCUT2D eigenvalue weighted by molar-refractivity contribution is 0.0868. The fraction of sp³-hybridized carbons (Fsp3) is 0.381. The van der Waals surface area contributed by atoms with E-state index in [-0.39, 0.29) is 6.03 Å². The van der Waals surface area contributed by atoms with Gasteiger partial charge < -0.3 is 15.4 Å². The summed E-state index contributed by atoms with van der Waals surface area (Å²) in [7, 11) is 0. The first-order valence-electron chi connectivity index (χ1n) is 9.94. The van der Waals surface area contributed by atoms with Crippen LogP contribution >= 0.6 is 11.3 Å². The summed E-state index contributed by atoms with van der Waals surface area (Å²) < 4.78 is 6.92. The Morgan fingerprint density at radius 2 is 1.93 bits per heavy atom. The number of thiazole rings is 1. The molecule has 0 radical (unpaired) electrons. The minimum atomic E-state index is -0.291. The number of nitrogens with two attached hydrogens (primary N) is 1. The van der Waals surface area contributed by atoms with E-state index in [1.807, 2.05) is 24.3 Å². The topological polar surface area (TPSA) is 84.6 Å². The van der Waals surface area contributed by atoms with E-state index in [0.29, 0.717) is 17.3 Å². The fourth-order valence-corrected chi connectivity index (χ4v) is 5.21. The van der Waals surface area contributed by atoms with Gasteiger partial charge in [0.1, 0.15) is 5.75 Å². The summed E-state index contributed by atoms with van der Waals surface area (Å²) in [6, 6.07) is 12.7. The summed E-state index contributed by atoms with van der Waals surface area (Å²) in [5.41, 5.74) is 7.47. The number of ether oxygens (including phenoxy) is 1. The molecule has 2 aliphatic heterocycles. The number of nitrogens with zero attached hydrogens (tertiary/aromatic N) is 4. The molecule has 150 valence electrons. The molecular formula is C21H23N5O2S. The summed E-state index contributed by atoms with van der Waals surface area (Å²) >= 11 is 1.50. The Balaban J connectivity index is 1.19. The van der Waals surface area contributed by atoms with Gasteiger partial charge in [0.05, 0.1) is 4.70 Å². The number of benzene rings is 1. The monoisotopic (exact) mass is 409 g/mol. The molecule has 5 rings (SSSR count). The van der Waals surface area contributed by atoms with Crippen molar-refractivity contribution in [3.05, 3.63) is 48.2 Å². The van der Waals surface area contributed by atoms with E-state index in [0.717, 1.165) is 55.0 Å². The normalized spacial score (nSPS) is 21.6. The van der Waals surface area contributed by atoms with E-state index in [2.05, 4.69) is 27.0 Å². The SMILES string of the molecule is NC(=O)N1C[C@H]2CC[C@@H](C1)N2CCc1ccc(Oc2nc3ncccc3s2)cc1. The van der Waals surface area contributed by atoms with Gasteiger partial charge in [0.2, 0.25) is 0 Å². The first-order chi connectivity index (χ1) is 14.2. The highest BCUT2D eigenvalue weighted by molar-refractivity contribution is 7.20. The maximum absolute atomic E-state index is 11.5. The average molecular weight is 410 g/mol. The average Bonchev–Trinajstić information content (AvgIpc) is 3.23. The van der Waals surface area contributed by atoms with Crippen LogP contribution < -0.4 is 10.5 Å². The number of carbonyl (C=O) groups is 1. The number of carbonyl (C=O) groups excluding carboxylic acids is 1. The van der Waals surface area contributed by atoms with Crippen molar-refractivity contribution in [2.24, 2.45) is 5.73 Å². The molecule has 2 fully saturated rings. The highest BCUT2D eigenvalue weighted by Gasteiger charge is 2.40. The largest absolute Gasteiger partial charge is 0.431 e. The number of pyridine rings is 1. The van der Waals surface area contributed by atoms with Crippen molar-refractivity contribution in [2.45, 2.75) is 31.3 Å². The highest BCUT2D eigenvalue weighted by atomic mass is 32.1. The Labute approximate surface area is 173 Å². The molecule has 2 aromatic heterocycles. The van der Waals surface area contributed by atoms with Crippen molar-refractivity contribution in [1.29, 1.82) is 0 Å². The zero-order valence-electron chi connectivity index (χ0n) is 16.0. The number of primary amides is 1. The number of fused-ring (bicyclic) bond motifs is 3. The van der Waals surface area contributed by atoms with Crippen LogP contribution in [0.3, 0.4) is 0 Å². The first kappa shape index (κ1) is 18.3. The van der Waals surface area contributed by atoms with Gasteiger partial charge in [0.25, 0.3) is 5.19 Å². The summed E-state index contributed by atoms with van der Waals surface area (Å²) in [5, 5.41) is 0.607. The Morgan fingerprint density at radius 3 is 2.62 bits per heavy atom. The van der Waals surface area contributed by atoms with Gasteiger partial charge in [0.15, 0.2) is 5.65 Å². The van der Waals surface area contributed by atoms with Crippen LogP contribution in [0.15, 0.2) is 42.6 Å². The van der Waals surface area contributed by atoms with Gasteiger partial charge in [0, 0.05) is 37.9 Å². The molecule has 2 atom stereocenters. The molecule has 1 aromatic carbocycles. The molecule has 2 N–H and O–H groups in total. The predicted molar refractivity (Wildman–Crippen MR) is 112 cm³/mol. The third-order valence-electron chi connectivity index (χ3n) is 5.88. The van der Waals surface area contributed by atoms with Gasteiger partial charge in [-0.2, -0.15) is 4.98 Å². The molecular weight excluding hydrogens is 386 g/mol. The molecule has 2 saturated heterocycles. The summed E-state index contributed by atoms with van der Waals surface area (Å²) in [6.45, 7) is 2.52. The van der Waals surface area contributed by atoms with E-state index in [1.54, 1.807) is 11.1 Å². The maximum Gasteiger partial charge on any atom is 0.314 e. The molecule has 4 heterocycles. The second kappa shape index (κ2) is 7.61. The third kappa shape index (κ3) is 3.77. The van der Waals surface area contributed by atoms with Crippen LogP contribution in [-0.2, 0) is 6.42 Å². The van der Waals surface area contributed by atoms with Crippen LogP contribution in [0, 0.1) is 0 Å². The van der Waals surface area contributed by atoms with E-state index in [1.165, 1.54) is 16.9 Å². The quantitative estimate of drug-likeness (QED) is 0.699. The smallest absolute Gasteiger partial charge is 0.314 e. The lowest BCUT2D eigenvalue weighted by Gasteiger charge is -2.40. The van der Waals surface area contributed by atoms with Crippen LogP contribution in [0.25, 0.3) is 10.3 Å². The minimum absolute atomic E-state index is 0.291. The Kier molecular flexibility index (Phi) is 4.81. The second-order valence-corrected chi connectivity index (χ2v) is 8.66. The molecule has 0 spiro atoms. The van der Waals surface area contributed by atoms with Gasteiger partial charge in [-0.3, -0.25) is 4.90 Å². The Bertz CT molecular complexity index is 974. The maximum atomic E-state index is 11.5. The predicted octanol–water partition coefficient (Wildman–Crippen LogP) is 3.25. The number of likely N-dealkylation sites (tertiary alicyclic amines) is 1. The number of hydrogen-bond donors (Lipinski definition) is 1. The molecule has 8 heteroatoms. The van der Waals surface area contributed by atoms with Gasteiger partial charge in [-0.15, -0.1) is 0 Å². The van der Waals surface area contributed by atoms with Crippen molar-refractivity contribution in [3.8, 4) is 10.9 Å². The van der Waals surface area contributed by atoms with Crippen LogP contribution in [0.1, 0.15) is 18.4 Å². The molecule has 2 amide bonds. The second-order valence-electron chi connectivity index (χ2n) is 7.67. The van der Waals surface area contributed by atoms with E-state index < -0.39 is 0 Å². The summed E-state index contributed by atoms with van der Waals surface area (Å²) in [6.07, 6.45) is 5.02. The number of amides is 2.